The number of rotatable bonds is 1. The van der Waals surface area contributed by atoms with E-state index in [0.717, 1.165) is 11.8 Å². The van der Waals surface area contributed by atoms with Gasteiger partial charge in [0.2, 0.25) is 0 Å². The molecule has 0 fully saturated rings. The van der Waals surface area contributed by atoms with Crippen LogP contribution in [-0.2, 0) is 0 Å². The van der Waals surface area contributed by atoms with Crippen molar-refractivity contribution in [3.63, 3.8) is 0 Å². The Morgan fingerprint density at radius 3 is 1.56 bits per heavy atom. The highest BCUT2D eigenvalue weighted by molar-refractivity contribution is 4.92. The summed E-state index contributed by atoms with van der Waals surface area (Å²) >= 11 is 0. The largest absolute Gasteiger partial charge is 0.0885 e. The summed E-state index contributed by atoms with van der Waals surface area (Å²) in [7, 11) is 0. The van der Waals surface area contributed by atoms with Crippen molar-refractivity contribution in [3.05, 3.63) is 24.3 Å². The maximum Gasteiger partial charge on any atom is -0.0319 e. The quantitative estimate of drug-likeness (QED) is 0.527. The van der Waals surface area contributed by atoms with E-state index in [1.165, 1.54) is 64.2 Å². The van der Waals surface area contributed by atoms with Gasteiger partial charge in [-0.05, 0) is 63.2 Å². The highest BCUT2D eigenvalue weighted by atomic mass is 14.2. The summed E-state index contributed by atoms with van der Waals surface area (Å²) < 4.78 is 0. The van der Waals surface area contributed by atoms with Crippen molar-refractivity contribution in [1.82, 2.24) is 0 Å². The molecule has 0 aliphatic heterocycles. The Morgan fingerprint density at radius 1 is 0.562 bits per heavy atom. The third kappa shape index (κ3) is 3.81. The molecule has 2 unspecified atom stereocenters. The molecule has 2 aliphatic carbocycles. The van der Waals surface area contributed by atoms with E-state index >= 15 is 0 Å². The lowest BCUT2D eigenvalue weighted by atomic mass is 9.78. The fraction of sp³-hybridized carbons (Fsp3) is 0.750. The van der Waals surface area contributed by atoms with Crippen molar-refractivity contribution in [1.29, 1.82) is 0 Å². The van der Waals surface area contributed by atoms with E-state index in [4.69, 9.17) is 0 Å². The molecule has 0 amide bonds. The second kappa shape index (κ2) is 6.93. The summed E-state index contributed by atoms with van der Waals surface area (Å²) in [6.45, 7) is 0. The maximum atomic E-state index is 2.45. The van der Waals surface area contributed by atoms with Crippen LogP contribution in [0.5, 0.6) is 0 Å². The van der Waals surface area contributed by atoms with Gasteiger partial charge in [-0.25, -0.2) is 0 Å². The van der Waals surface area contributed by atoms with Gasteiger partial charge in [0.15, 0.2) is 0 Å². The summed E-state index contributed by atoms with van der Waals surface area (Å²) in [5.74, 6) is 1.94. The second-order valence-electron chi connectivity index (χ2n) is 5.50. The van der Waals surface area contributed by atoms with Crippen molar-refractivity contribution >= 4 is 0 Å². The van der Waals surface area contributed by atoms with Gasteiger partial charge in [0.1, 0.15) is 0 Å². The Balaban J connectivity index is 1.91. The van der Waals surface area contributed by atoms with Crippen LogP contribution >= 0.6 is 0 Å². The molecular weight excluding hydrogens is 192 g/mol. The average Bonchev–Trinajstić information content (AvgIpc) is 2.18. The van der Waals surface area contributed by atoms with Gasteiger partial charge >= 0.3 is 0 Å². The van der Waals surface area contributed by atoms with Crippen molar-refractivity contribution in [2.45, 2.75) is 64.2 Å². The third-order valence-corrected chi connectivity index (χ3v) is 4.27. The van der Waals surface area contributed by atoms with Crippen LogP contribution in [0.25, 0.3) is 0 Å². The smallest absolute Gasteiger partial charge is 0.0319 e. The first-order valence-corrected chi connectivity index (χ1v) is 7.27. The van der Waals surface area contributed by atoms with Gasteiger partial charge < -0.3 is 0 Å². The minimum Gasteiger partial charge on any atom is -0.0885 e. The lowest BCUT2D eigenvalue weighted by Gasteiger charge is -2.27. The van der Waals surface area contributed by atoms with E-state index in [-0.39, 0.29) is 0 Å². The molecule has 16 heavy (non-hydrogen) atoms. The predicted octanol–water partition coefficient (Wildman–Crippen LogP) is 5.26. The lowest BCUT2D eigenvalue weighted by Crippen LogP contribution is -2.15. The molecule has 2 aliphatic rings. The maximum absolute atomic E-state index is 2.45. The molecule has 0 spiro atoms. The molecular formula is C16H26. The molecule has 0 radical (unpaired) electrons. The Bertz CT molecular complexity index is 210. The van der Waals surface area contributed by atoms with Gasteiger partial charge in [-0.2, -0.15) is 0 Å². The average molecular weight is 218 g/mol. The molecule has 0 saturated carbocycles. The van der Waals surface area contributed by atoms with Gasteiger partial charge in [0.05, 0.1) is 0 Å². The van der Waals surface area contributed by atoms with E-state index in [0.29, 0.717) is 0 Å². The molecule has 90 valence electrons. The van der Waals surface area contributed by atoms with Crippen molar-refractivity contribution in [2.24, 2.45) is 11.8 Å². The highest BCUT2D eigenvalue weighted by Crippen LogP contribution is 2.32. The van der Waals surface area contributed by atoms with Crippen LogP contribution in [-0.4, -0.2) is 0 Å². The SMILES string of the molecule is C1=C/CC(C2C/C=C/CCCC2)CCCC/1. The summed E-state index contributed by atoms with van der Waals surface area (Å²) in [5.41, 5.74) is 0. The highest BCUT2D eigenvalue weighted by Gasteiger charge is 2.20. The Kier molecular flexibility index (Phi) is 5.18. The molecule has 0 aromatic rings. The number of allylic oxidation sites excluding steroid dienone is 4. The van der Waals surface area contributed by atoms with Crippen LogP contribution in [0.15, 0.2) is 24.3 Å². The molecule has 0 saturated heterocycles. The first kappa shape index (κ1) is 12.0. The van der Waals surface area contributed by atoms with Crippen molar-refractivity contribution < 1.29 is 0 Å². The van der Waals surface area contributed by atoms with Crippen molar-refractivity contribution in [2.75, 3.05) is 0 Å². The van der Waals surface area contributed by atoms with Gasteiger partial charge in [-0.3, -0.25) is 0 Å². The van der Waals surface area contributed by atoms with E-state index in [1.807, 2.05) is 0 Å². The third-order valence-electron chi connectivity index (χ3n) is 4.27. The van der Waals surface area contributed by atoms with Gasteiger partial charge in [0.25, 0.3) is 0 Å². The van der Waals surface area contributed by atoms with Crippen LogP contribution in [0.4, 0.5) is 0 Å². The fourth-order valence-corrected chi connectivity index (χ4v) is 3.21. The first-order valence-electron chi connectivity index (χ1n) is 7.27. The van der Waals surface area contributed by atoms with Gasteiger partial charge in [-0.1, -0.05) is 37.1 Å². The predicted molar refractivity (Wildman–Crippen MR) is 71.4 cm³/mol. The molecule has 0 nitrogen and oxygen atoms in total. The molecule has 2 atom stereocenters. The molecule has 0 heterocycles. The van der Waals surface area contributed by atoms with Gasteiger partial charge in [-0.15, -0.1) is 0 Å². The first-order chi connectivity index (χ1) is 7.97. The molecule has 2 rings (SSSR count). The van der Waals surface area contributed by atoms with E-state index < -0.39 is 0 Å². The molecule has 0 bridgehead atoms. The Hall–Kier alpha value is -0.520. The van der Waals surface area contributed by atoms with Crippen LogP contribution in [0.3, 0.4) is 0 Å². The standard InChI is InChI=1S/C16H26/c1-3-7-11-15(12-8-4-1)16-13-9-5-2-6-10-14-16/h3,5,7,9,15-16H,1-2,4,6,8,10-14H2/b7-3+,9-5+. The normalized spacial score (nSPS) is 36.5. The fourth-order valence-electron chi connectivity index (χ4n) is 3.21. The summed E-state index contributed by atoms with van der Waals surface area (Å²) in [6, 6.07) is 0. The van der Waals surface area contributed by atoms with Crippen LogP contribution in [0.2, 0.25) is 0 Å². The monoisotopic (exact) mass is 218 g/mol. The molecule has 0 aromatic heterocycles. The summed E-state index contributed by atoms with van der Waals surface area (Å²) in [4.78, 5) is 0. The Labute approximate surface area is 101 Å². The zero-order chi connectivity index (χ0) is 11.1. The van der Waals surface area contributed by atoms with Crippen molar-refractivity contribution in [3.8, 4) is 0 Å². The lowest BCUT2D eigenvalue weighted by molar-refractivity contribution is 0.279. The zero-order valence-electron chi connectivity index (χ0n) is 10.5. The van der Waals surface area contributed by atoms with E-state index in [1.54, 1.807) is 0 Å². The summed E-state index contributed by atoms with van der Waals surface area (Å²) in [5, 5.41) is 0. The topological polar surface area (TPSA) is 0 Å². The minimum atomic E-state index is 0.972. The summed E-state index contributed by atoms with van der Waals surface area (Å²) in [6.07, 6.45) is 23.7. The van der Waals surface area contributed by atoms with Crippen LogP contribution < -0.4 is 0 Å². The van der Waals surface area contributed by atoms with Crippen LogP contribution in [0, 0.1) is 11.8 Å². The van der Waals surface area contributed by atoms with Gasteiger partial charge in [0, 0.05) is 0 Å². The van der Waals surface area contributed by atoms with E-state index in [9.17, 15) is 0 Å². The molecule has 0 aromatic carbocycles. The van der Waals surface area contributed by atoms with E-state index in [2.05, 4.69) is 24.3 Å². The second-order valence-corrected chi connectivity index (χ2v) is 5.50. The minimum absolute atomic E-state index is 0.972. The molecule has 0 N–H and O–H groups in total. The molecule has 0 heteroatoms. The Morgan fingerprint density at radius 2 is 1.06 bits per heavy atom. The number of hydrogen-bond donors (Lipinski definition) is 0. The van der Waals surface area contributed by atoms with Crippen LogP contribution in [0.1, 0.15) is 64.2 Å². The number of hydrogen-bond acceptors (Lipinski definition) is 0. The zero-order valence-corrected chi connectivity index (χ0v) is 10.5.